The van der Waals surface area contributed by atoms with Gasteiger partial charge >= 0.3 is 0 Å². The third-order valence-electron chi connectivity index (χ3n) is 2.52. The highest BCUT2D eigenvalue weighted by molar-refractivity contribution is 5.99. The standard InChI is InChI=1S/C11H8F2N2O/c12-7-3-8(13)5-9(4-7)15-10(16)11(6-14)1-2-11/h3-5H,1-2H2,(H,15,16). The molecule has 1 fully saturated rings. The summed E-state index contributed by atoms with van der Waals surface area (Å²) in [5.74, 6) is -2.03. The van der Waals surface area contributed by atoms with E-state index in [0.717, 1.165) is 12.1 Å². The Morgan fingerprint density at radius 1 is 1.31 bits per heavy atom. The van der Waals surface area contributed by atoms with Gasteiger partial charge in [0.15, 0.2) is 0 Å². The molecule has 0 radical (unpaired) electrons. The summed E-state index contributed by atoms with van der Waals surface area (Å²) in [7, 11) is 0. The van der Waals surface area contributed by atoms with Crippen LogP contribution in [0.5, 0.6) is 0 Å². The number of nitriles is 1. The van der Waals surface area contributed by atoms with E-state index in [1.807, 2.05) is 6.07 Å². The molecule has 3 nitrogen and oxygen atoms in total. The first-order chi connectivity index (χ1) is 7.55. The average molecular weight is 222 g/mol. The molecule has 1 amide bonds. The minimum absolute atomic E-state index is 0.0315. The molecule has 2 rings (SSSR count). The van der Waals surface area contributed by atoms with E-state index in [9.17, 15) is 13.6 Å². The van der Waals surface area contributed by atoms with E-state index < -0.39 is 23.0 Å². The number of nitrogens with one attached hydrogen (secondary N) is 1. The fourth-order valence-corrected chi connectivity index (χ4v) is 1.39. The maximum Gasteiger partial charge on any atom is 0.244 e. The minimum atomic E-state index is -0.997. The van der Waals surface area contributed by atoms with Crippen LogP contribution in [0, 0.1) is 28.4 Å². The molecule has 16 heavy (non-hydrogen) atoms. The van der Waals surface area contributed by atoms with Crippen molar-refractivity contribution in [1.82, 2.24) is 0 Å². The van der Waals surface area contributed by atoms with Gasteiger partial charge in [0.05, 0.1) is 6.07 Å². The molecule has 5 heteroatoms. The van der Waals surface area contributed by atoms with Crippen LogP contribution in [0.3, 0.4) is 0 Å². The molecule has 0 heterocycles. The Balaban J connectivity index is 2.16. The molecule has 0 spiro atoms. The Labute approximate surface area is 90.7 Å². The summed E-state index contributed by atoms with van der Waals surface area (Å²) >= 11 is 0. The summed E-state index contributed by atoms with van der Waals surface area (Å²) in [6, 6.07) is 4.63. The smallest absolute Gasteiger partial charge is 0.244 e. The number of hydrogen-bond donors (Lipinski definition) is 1. The van der Waals surface area contributed by atoms with Crippen LogP contribution in [-0.4, -0.2) is 5.91 Å². The zero-order valence-corrected chi connectivity index (χ0v) is 8.26. The molecule has 1 saturated carbocycles. The van der Waals surface area contributed by atoms with E-state index in [1.165, 1.54) is 0 Å². The lowest BCUT2D eigenvalue weighted by molar-refractivity contribution is -0.119. The average Bonchev–Trinajstić information content (AvgIpc) is 2.96. The van der Waals surface area contributed by atoms with Gasteiger partial charge in [-0.1, -0.05) is 0 Å². The molecule has 0 atom stereocenters. The van der Waals surface area contributed by atoms with Crippen molar-refractivity contribution in [2.75, 3.05) is 5.32 Å². The second-order valence-electron chi connectivity index (χ2n) is 3.81. The number of rotatable bonds is 2. The Kier molecular flexibility index (Phi) is 2.35. The lowest BCUT2D eigenvalue weighted by Crippen LogP contribution is -2.22. The first-order valence-corrected chi connectivity index (χ1v) is 4.74. The largest absolute Gasteiger partial charge is 0.324 e. The van der Waals surface area contributed by atoms with E-state index in [2.05, 4.69) is 5.32 Å². The molecular weight excluding hydrogens is 214 g/mol. The van der Waals surface area contributed by atoms with Gasteiger partial charge in [-0.3, -0.25) is 4.79 Å². The molecule has 1 aromatic carbocycles. The quantitative estimate of drug-likeness (QED) is 0.833. The number of benzene rings is 1. The maximum absolute atomic E-state index is 12.8. The van der Waals surface area contributed by atoms with Crippen LogP contribution in [0.2, 0.25) is 0 Å². The molecule has 1 N–H and O–H groups in total. The highest BCUT2D eigenvalue weighted by Crippen LogP contribution is 2.45. The number of hydrogen-bond acceptors (Lipinski definition) is 2. The monoisotopic (exact) mass is 222 g/mol. The van der Waals surface area contributed by atoms with Crippen LogP contribution < -0.4 is 5.32 Å². The van der Waals surface area contributed by atoms with Crippen molar-refractivity contribution in [2.24, 2.45) is 5.41 Å². The molecule has 0 unspecified atom stereocenters. The normalized spacial score (nSPS) is 16.3. The molecule has 0 bridgehead atoms. The second-order valence-corrected chi connectivity index (χ2v) is 3.81. The lowest BCUT2D eigenvalue weighted by Gasteiger charge is -2.08. The van der Waals surface area contributed by atoms with Crippen molar-refractivity contribution in [3.63, 3.8) is 0 Å². The zero-order valence-electron chi connectivity index (χ0n) is 8.26. The Morgan fingerprint density at radius 3 is 2.31 bits per heavy atom. The fraction of sp³-hybridized carbons (Fsp3) is 0.273. The van der Waals surface area contributed by atoms with Crippen molar-refractivity contribution in [3.8, 4) is 6.07 Å². The summed E-state index contributed by atoms with van der Waals surface area (Å²) < 4.78 is 25.6. The zero-order chi connectivity index (χ0) is 11.8. The van der Waals surface area contributed by atoms with E-state index >= 15 is 0 Å². The molecule has 1 aliphatic carbocycles. The molecule has 0 aromatic heterocycles. The van der Waals surface area contributed by atoms with E-state index in [-0.39, 0.29) is 5.69 Å². The molecule has 82 valence electrons. The minimum Gasteiger partial charge on any atom is -0.324 e. The van der Waals surface area contributed by atoms with Crippen molar-refractivity contribution in [2.45, 2.75) is 12.8 Å². The number of anilines is 1. The van der Waals surface area contributed by atoms with E-state index in [0.29, 0.717) is 18.9 Å². The number of amides is 1. The SMILES string of the molecule is N#CC1(C(=O)Nc2cc(F)cc(F)c2)CC1. The van der Waals surface area contributed by atoms with Crippen LogP contribution in [-0.2, 0) is 4.79 Å². The van der Waals surface area contributed by atoms with Crippen molar-refractivity contribution in [1.29, 1.82) is 5.26 Å². The van der Waals surface area contributed by atoms with Gasteiger partial charge in [-0.25, -0.2) is 8.78 Å². The van der Waals surface area contributed by atoms with Crippen molar-refractivity contribution >= 4 is 11.6 Å². The van der Waals surface area contributed by atoms with Crippen molar-refractivity contribution in [3.05, 3.63) is 29.8 Å². The topological polar surface area (TPSA) is 52.9 Å². The fourth-order valence-electron chi connectivity index (χ4n) is 1.39. The Bertz CT molecular complexity index is 469. The number of halogens is 2. The highest BCUT2D eigenvalue weighted by Gasteiger charge is 2.50. The number of nitrogens with zero attached hydrogens (tertiary/aromatic N) is 1. The maximum atomic E-state index is 12.8. The van der Waals surface area contributed by atoms with Gasteiger partial charge < -0.3 is 5.32 Å². The molecule has 1 aromatic rings. The predicted molar refractivity (Wildman–Crippen MR) is 52.3 cm³/mol. The molecule has 1 aliphatic rings. The van der Waals surface area contributed by atoms with E-state index in [1.54, 1.807) is 0 Å². The van der Waals surface area contributed by atoms with Crippen molar-refractivity contribution < 1.29 is 13.6 Å². The van der Waals surface area contributed by atoms with Crippen LogP contribution >= 0.6 is 0 Å². The summed E-state index contributed by atoms with van der Waals surface area (Å²) in [5.41, 5.74) is -0.966. The second kappa shape index (κ2) is 3.56. The van der Waals surface area contributed by atoms with Crippen LogP contribution in [0.1, 0.15) is 12.8 Å². The summed E-state index contributed by atoms with van der Waals surface area (Å²) in [6.45, 7) is 0. The predicted octanol–water partition coefficient (Wildman–Crippen LogP) is 2.21. The van der Waals surface area contributed by atoms with Gasteiger partial charge in [0.1, 0.15) is 17.0 Å². The first kappa shape index (κ1) is 10.6. The molecule has 0 saturated heterocycles. The first-order valence-electron chi connectivity index (χ1n) is 4.74. The molecule has 0 aliphatic heterocycles. The summed E-state index contributed by atoms with van der Waals surface area (Å²) in [4.78, 5) is 11.6. The Hall–Kier alpha value is -1.96. The van der Waals surface area contributed by atoms with Gasteiger partial charge in [0, 0.05) is 11.8 Å². The number of carbonyl (C=O) groups excluding carboxylic acids is 1. The van der Waals surface area contributed by atoms with Gasteiger partial charge in [-0.2, -0.15) is 5.26 Å². The van der Waals surface area contributed by atoms with Gasteiger partial charge in [0.2, 0.25) is 5.91 Å². The van der Waals surface area contributed by atoms with Crippen LogP contribution in [0.25, 0.3) is 0 Å². The van der Waals surface area contributed by atoms with Crippen LogP contribution in [0.4, 0.5) is 14.5 Å². The highest BCUT2D eigenvalue weighted by atomic mass is 19.1. The van der Waals surface area contributed by atoms with E-state index in [4.69, 9.17) is 5.26 Å². The number of carbonyl (C=O) groups is 1. The summed E-state index contributed by atoms with van der Waals surface area (Å²) in [5, 5.41) is 11.1. The van der Waals surface area contributed by atoms with Gasteiger partial charge in [0.25, 0.3) is 0 Å². The molecular formula is C11H8F2N2O. The van der Waals surface area contributed by atoms with Crippen LogP contribution in [0.15, 0.2) is 18.2 Å². The van der Waals surface area contributed by atoms with Gasteiger partial charge in [-0.15, -0.1) is 0 Å². The summed E-state index contributed by atoms with van der Waals surface area (Å²) in [6.07, 6.45) is 0.986. The third-order valence-corrected chi connectivity index (χ3v) is 2.52. The third kappa shape index (κ3) is 1.87. The lowest BCUT2D eigenvalue weighted by atomic mass is 10.1. The Morgan fingerprint density at radius 2 is 1.88 bits per heavy atom. The van der Waals surface area contributed by atoms with Gasteiger partial charge in [-0.05, 0) is 25.0 Å².